The molecule has 0 unspecified atom stereocenters. The molecule has 0 bridgehead atoms. The highest BCUT2D eigenvalue weighted by Crippen LogP contribution is 2.18. The third-order valence-corrected chi connectivity index (χ3v) is 2.91. The zero-order chi connectivity index (χ0) is 13.2. The van der Waals surface area contributed by atoms with Crippen LogP contribution in [-0.2, 0) is 0 Å². The van der Waals surface area contributed by atoms with Crippen LogP contribution in [0.4, 0.5) is 5.69 Å². The second-order valence-corrected chi connectivity index (χ2v) is 4.44. The van der Waals surface area contributed by atoms with Crippen LogP contribution < -0.4 is 5.32 Å². The third kappa shape index (κ3) is 2.44. The summed E-state index contributed by atoms with van der Waals surface area (Å²) in [5.41, 5.74) is 2.47. The van der Waals surface area contributed by atoms with E-state index in [0.717, 1.165) is 0 Å². The van der Waals surface area contributed by atoms with Crippen molar-refractivity contribution in [2.24, 2.45) is 0 Å². The number of anilines is 1. The molecule has 3 aromatic rings. The minimum atomic E-state index is -0.216. The van der Waals surface area contributed by atoms with Gasteiger partial charge in [-0.3, -0.25) is 4.79 Å². The van der Waals surface area contributed by atoms with Crippen molar-refractivity contribution in [3.8, 4) is 0 Å². The average molecular weight is 273 g/mol. The van der Waals surface area contributed by atoms with Crippen molar-refractivity contribution in [2.75, 3.05) is 5.32 Å². The molecule has 0 radical (unpaired) electrons. The Balaban J connectivity index is 1.87. The Morgan fingerprint density at radius 2 is 2.11 bits per heavy atom. The van der Waals surface area contributed by atoms with Gasteiger partial charge in [0.05, 0.1) is 0 Å². The van der Waals surface area contributed by atoms with Crippen molar-refractivity contribution in [1.29, 1.82) is 0 Å². The van der Waals surface area contributed by atoms with Gasteiger partial charge < -0.3 is 9.73 Å². The first-order chi connectivity index (χ1) is 9.22. The van der Waals surface area contributed by atoms with Crippen LogP contribution in [0.2, 0.25) is 5.02 Å². The fourth-order valence-electron chi connectivity index (χ4n) is 1.77. The van der Waals surface area contributed by atoms with Crippen LogP contribution in [0.5, 0.6) is 0 Å². The van der Waals surface area contributed by atoms with Gasteiger partial charge in [0, 0.05) is 16.3 Å². The zero-order valence-corrected chi connectivity index (χ0v) is 10.5. The standard InChI is InChI=1S/C14H9ClN2O2/c15-10-2-1-3-11(7-10)17-14(18)9-4-5-13-12(6-9)16-8-19-13/h1-8H,(H,17,18). The van der Waals surface area contributed by atoms with Gasteiger partial charge in [-0.15, -0.1) is 0 Å². The molecule has 0 aliphatic rings. The highest BCUT2D eigenvalue weighted by Gasteiger charge is 2.08. The summed E-state index contributed by atoms with van der Waals surface area (Å²) in [6, 6.07) is 12.1. The Morgan fingerprint density at radius 3 is 2.95 bits per heavy atom. The monoisotopic (exact) mass is 272 g/mol. The molecule has 0 aliphatic carbocycles. The van der Waals surface area contributed by atoms with Crippen molar-refractivity contribution in [3.63, 3.8) is 0 Å². The lowest BCUT2D eigenvalue weighted by atomic mass is 10.2. The molecule has 4 nitrogen and oxygen atoms in total. The topological polar surface area (TPSA) is 55.1 Å². The number of rotatable bonds is 2. The molecule has 19 heavy (non-hydrogen) atoms. The van der Waals surface area contributed by atoms with Gasteiger partial charge >= 0.3 is 0 Å². The van der Waals surface area contributed by atoms with Gasteiger partial charge in [-0.2, -0.15) is 0 Å². The van der Waals surface area contributed by atoms with E-state index in [0.29, 0.717) is 27.4 Å². The Labute approximate surface area is 114 Å². The Bertz CT molecular complexity index is 752. The third-order valence-electron chi connectivity index (χ3n) is 2.68. The Kier molecular flexibility index (Phi) is 2.93. The van der Waals surface area contributed by atoms with Gasteiger partial charge in [-0.25, -0.2) is 4.98 Å². The van der Waals surface area contributed by atoms with Crippen molar-refractivity contribution >= 4 is 34.3 Å². The van der Waals surface area contributed by atoms with Crippen LogP contribution in [0.3, 0.4) is 0 Å². The molecule has 94 valence electrons. The predicted octanol–water partition coefficient (Wildman–Crippen LogP) is 3.73. The van der Waals surface area contributed by atoms with E-state index in [1.54, 1.807) is 42.5 Å². The normalized spacial score (nSPS) is 10.6. The highest BCUT2D eigenvalue weighted by atomic mass is 35.5. The molecular formula is C14H9ClN2O2. The van der Waals surface area contributed by atoms with Gasteiger partial charge in [-0.1, -0.05) is 17.7 Å². The number of oxazole rings is 1. The summed E-state index contributed by atoms with van der Waals surface area (Å²) < 4.78 is 5.13. The summed E-state index contributed by atoms with van der Waals surface area (Å²) in [7, 11) is 0. The summed E-state index contributed by atoms with van der Waals surface area (Å²) in [5, 5.41) is 3.35. The number of hydrogen-bond acceptors (Lipinski definition) is 3. The number of amides is 1. The average Bonchev–Trinajstić information content (AvgIpc) is 2.85. The molecule has 0 saturated heterocycles. The Morgan fingerprint density at radius 1 is 1.21 bits per heavy atom. The first kappa shape index (κ1) is 11.7. The van der Waals surface area contributed by atoms with Crippen molar-refractivity contribution in [2.45, 2.75) is 0 Å². The van der Waals surface area contributed by atoms with Crippen LogP contribution in [-0.4, -0.2) is 10.9 Å². The fourth-order valence-corrected chi connectivity index (χ4v) is 1.96. The van der Waals surface area contributed by atoms with E-state index in [-0.39, 0.29) is 5.91 Å². The zero-order valence-electron chi connectivity index (χ0n) is 9.76. The minimum absolute atomic E-state index is 0.216. The number of carbonyl (C=O) groups excluding carboxylic acids is 1. The second kappa shape index (κ2) is 4.74. The minimum Gasteiger partial charge on any atom is -0.443 e. The maximum Gasteiger partial charge on any atom is 0.255 e. The van der Waals surface area contributed by atoms with Crippen LogP contribution in [0, 0.1) is 0 Å². The van der Waals surface area contributed by atoms with E-state index in [1.807, 2.05) is 0 Å². The van der Waals surface area contributed by atoms with Gasteiger partial charge in [0.2, 0.25) is 0 Å². The second-order valence-electron chi connectivity index (χ2n) is 4.00. The lowest BCUT2D eigenvalue weighted by molar-refractivity contribution is 0.102. The van der Waals surface area contributed by atoms with Crippen LogP contribution in [0.1, 0.15) is 10.4 Å². The predicted molar refractivity (Wildman–Crippen MR) is 73.4 cm³/mol. The molecule has 5 heteroatoms. The van der Waals surface area contributed by atoms with Crippen molar-refractivity contribution in [1.82, 2.24) is 4.98 Å². The molecular weight excluding hydrogens is 264 g/mol. The van der Waals surface area contributed by atoms with E-state index in [2.05, 4.69) is 10.3 Å². The summed E-state index contributed by atoms with van der Waals surface area (Å²) in [6.07, 6.45) is 1.35. The molecule has 1 heterocycles. The van der Waals surface area contributed by atoms with E-state index in [1.165, 1.54) is 6.39 Å². The smallest absolute Gasteiger partial charge is 0.255 e. The number of aromatic nitrogens is 1. The van der Waals surface area contributed by atoms with Gasteiger partial charge in [0.15, 0.2) is 12.0 Å². The molecule has 2 aromatic carbocycles. The first-order valence-electron chi connectivity index (χ1n) is 5.62. The van der Waals surface area contributed by atoms with E-state index >= 15 is 0 Å². The number of benzene rings is 2. The molecule has 3 rings (SSSR count). The maximum atomic E-state index is 12.1. The molecule has 0 spiro atoms. The van der Waals surface area contributed by atoms with Crippen molar-refractivity contribution < 1.29 is 9.21 Å². The number of halogens is 1. The van der Waals surface area contributed by atoms with E-state index in [9.17, 15) is 4.79 Å². The molecule has 0 atom stereocenters. The van der Waals surface area contributed by atoms with Gasteiger partial charge in [0.25, 0.3) is 5.91 Å². The summed E-state index contributed by atoms with van der Waals surface area (Å²) in [5.74, 6) is -0.216. The fraction of sp³-hybridized carbons (Fsp3) is 0. The number of hydrogen-bond donors (Lipinski definition) is 1. The molecule has 0 fully saturated rings. The van der Waals surface area contributed by atoms with E-state index < -0.39 is 0 Å². The van der Waals surface area contributed by atoms with Crippen LogP contribution >= 0.6 is 11.6 Å². The molecule has 0 aliphatic heterocycles. The molecule has 1 aromatic heterocycles. The molecule has 0 saturated carbocycles. The van der Waals surface area contributed by atoms with Gasteiger partial charge in [0.1, 0.15) is 5.52 Å². The number of fused-ring (bicyclic) bond motifs is 1. The van der Waals surface area contributed by atoms with Gasteiger partial charge in [-0.05, 0) is 36.4 Å². The lowest BCUT2D eigenvalue weighted by Crippen LogP contribution is -2.11. The number of nitrogens with one attached hydrogen (secondary N) is 1. The Hall–Kier alpha value is -2.33. The van der Waals surface area contributed by atoms with Crippen molar-refractivity contribution in [3.05, 3.63) is 59.4 Å². The molecule has 1 N–H and O–H groups in total. The summed E-state index contributed by atoms with van der Waals surface area (Å²) in [4.78, 5) is 16.1. The maximum absolute atomic E-state index is 12.1. The van der Waals surface area contributed by atoms with Crippen LogP contribution in [0.15, 0.2) is 53.3 Å². The number of carbonyl (C=O) groups is 1. The summed E-state index contributed by atoms with van der Waals surface area (Å²) >= 11 is 5.86. The first-order valence-corrected chi connectivity index (χ1v) is 6.00. The number of nitrogens with zero attached hydrogens (tertiary/aromatic N) is 1. The summed E-state index contributed by atoms with van der Waals surface area (Å²) in [6.45, 7) is 0. The lowest BCUT2D eigenvalue weighted by Gasteiger charge is -2.05. The SMILES string of the molecule is O=C(Nc1cccc(Cl)c1)c1ccc2ocnc2c1. The molecule has 1 amide bonds. The quantitative estimate of drug-likeness (QED) is 0.773. The van der Waals surface area contributed by atoms with E-state index in [4.69, 9.17) is 16.0 Å². The highest BCUT2D eigenvalue weighted by molar-refractivity contribution is 6.31. The van der Waals surface area contributed by atoms with Crippen LogP contribution in [0.25, 0.3) is 11.1 Å². The largest absolute Gasteiger partial charge is 0.443 e.